The first-order valence-corrected chi connectivity index (χ1v) is 8.74. The van der Waals surface area contributed by atoms with Crippen molar-refractivity contribution < 1.29 is 4.74 Å². The topological polar surface area (TPSA) is 96.8 Å². The molecule has 0 amide bonds. The van der Waals surface area contributed by atoms with E-state index in [2.05, 4.69) is 15.2 Å². The highest BCUT2D eigenvalue weighted by atomic mass is 16.5. The molecule has 1 aromatic carbocycles. The first kappa shape index (κ1) is 16.9. The third-order valence-corrected chi connectivity index (χ3v) is 4.72. The molecule has 0 radical (unpaired) electrons. The maximum Gasteiger partial charge on any atom is 0.279 e. The fourth-order valence-corrected chi connectivity index (χ4v) is 3.32. The first-order valence-electron chi connectivity index (χ1n) is 8.74. The van der Waals surface area contributed by atoms with Gasteiger partial charge in [0.1, 0.15) is 18.4 Å². The highest BCUT2D eigenvalue weighted by Gasteiger charge is 2.13. The number of benzene rings is 1. The summed E-state index contributed by atoms with van der Waals surface area (Å²) in [5.74, 6) is 0.567. The van der Waals surface area contributed by atoms with Gasteiger partial charge in [0, 0.05) is 12.4 Å². The van der Waals surface area contributed by atoms with E-state index in [1.54, 1.807) is 49.8 Å². The van der Waals surface area contributed by atoms with Gasteiger partial charge in [0.2, 0.25) is 0 Å². The van der Waals surface area contributed by atoms with Crippen molar-refractivity contribution in [1.82, 2.24) is 29.1 Å². The van der Waals surface area contributed by atoms with Crippen LogP contribution in [-0.4, -0.2) is 36.2 Å². The molecular weight excluding hydrogens is 372 g/mol. The van der Waals surface area contributed by atoms with Crippen LogP contribution >= 0.6 is 0 Å². The largest absolute Gasteiger partial charge is 0.495 e. The van der Waals surface area contributed by atoms with Crippen LogP contribution in [0.15, 0.2) is 77.1 Å². The van der Waals surface area contributed by atoms with Crippen LogP contribution in [0.25, 0.3) is 27.5 Å². The third-order valence-electron chi connectivity index (χ3n) is 4.72. The molecule has 0 saturated carbocycles. The molecule has 5 rings (SSSR count). The standard InChI is InChI=1S/C20H14N6O3/c1-29-18-5-3-2-4-17(18)25-8-6-15-13(19(25)27)10-14-16(23-15)7-9-26(20(14)28)24-11-21-22-12-24/h2-12H,1H3. The van der Waals surface area contributed by atoms with E-state index < -0.39 is 0 Å². The Hall–Kier alpha value is -4.27. The van der Waals surface area contributed by atoms with Crippen molar-refractivity contribution in [1.29, 1.82) is 0 Å². The minimum Gasteiger partial charge on any atom is -0.495 e. The fourth-order valence-electron chi connectivity index (χ4n) is 3.32. The monoisotopic (exact) mass is 386 g/mol. The minimum atomic E-state index is -0.330. The molecule has 0 N–H and O–H groups in total. The molecule has 0 aliphatic rings. The number of para-hydroxylation sites is 2. The summed E-state index contributed by atoms with van der Waals surface area (Å²) in [6, 6.07) is 12.3. The van der Waals surface area contributed by atoms with Crippen molar-refractivity contribution in [2.45, 2.75) is 0 Å². The zero-order valence-electron chi connectivity index (χ0n) is 15.3. The van der Waals surface area contributed by atoms with Crippen molar-refractivity contribution >= 4 is 21.8 Å². The highest BCUT2D eigenvalue weighted by Crippen LogP contribution is 2.22. The summed E-state index contributed by atoms with van der Waals surface area (Å²) >= 11 is 0. The maximum absolute atomic E-state index is 13.2. The lowest BCUT2D eigenvalue weighted by molar-refractivity contribution is 0.412. The Balaban J connectivity index is 1.80. The first-order chi connectivity index (χ1) is 14.2. The van der Waals surface area contributed by atoms with E-state index in [0.717, 1.165) is 0 Å². The lowest BCUT2D eigenvalue weighted by atomic mass is 10.2. The smallest absolute Gasteiger partial charge is 0.279 e. The van der Waals surface area contributed by atoms with Gasteiger partial charge in [-0.2, -0.15) is 0 Å². The molecule has 9 nitrogen and oxygen atoms in total. The van der Waals surface area contributed by atoms with E-state index in [9.17, 15) is 9.59 Å². The molecule has 0 saturated heterocycles. The summed E-state index contributed by atoms with van der Waals surface area (Å²) in [5, 5.41) is 8.10. The molecule has 0 atom stereocenters. The average Bonchev–Trinajstić information content (AvgIpc) is 3.28. The van der Waals surface area contributed by atoms with Gasteiger partial charge in [-0.15, -0.1) is 10.2 Å². The predicted molar refractivity (Wildman–Crippen MR) is 106 cm³/mol. The number of aromatic nitrogens is 6. The van der Waals surface area contributed by atoms with Crippen LogP contribution in [0, 0.1) is 0 Å². The number of rotatable bonds is 3. The summed E-state index contributed by atoms with van der Waals surface area (Å²) in [4.78, 5) is 30.7. The number of ether oxygens (including phenoxy) is 1. The van der Waals surface area contributed by atoms with E-state index in [-0.39, 0.29) is 11.1 Å². The van der Waals surface area contributed by atoms with Gasteiger partial charge < -0.3 is 4.74 Å². The van der Waals surface area contributed by atoms with E-state index in [4.69, 9.17) is 4.74 Å². The zero-order chi connectivity index (χ0) is 20.0. The van der Waals surface area contributed by atoms with Crippen LogP contribution in [0.3, 0.4) is 0 Å². The second kappa shape index (κ2) is 6.41. The SMILES string of the molecule is COc1ccccc1-n1ccc2nc3ccn(-n4cnnc4)c(=O)c3cc2c1=O. The van der Waals surface area contributed by atoms with Gasteiger partial charge in [0.25, 0.3) is 11.1 Å². The van der Waals surface area contributed by atoms with Crippen LogP contribution in [0.4, 0.5) is 0 Å². The molecule has 4 heterocycles. The van der Waals surface area contributed by atoms with Crippen molar-refractivity contribution in [2.24, 2.45) is 0 Å². The zero-order valence-corrected chi connectivity index (χ0v) is 15.3. The van der Waals surface area contributed by atoms with Crippen LogP contribution in [-0.2, 0) is 0 Å². The molecule has 4 aromatic heterocycles. The Morgan fingerprint density at radius 3 is 2.31 bits per heavy atom. The van der Waals surface area contributed by atoms with Gasteiger partial charge in [-0.3, -0.25) is 14.2 Å². The van der Waals surface area contributed by atoms with Crippen LogP contribution in [0.5, 0.6) is 5.75 Å². The van der Waals surface area contributed by atoms with Crippen LogP contribution < -0.4 is 15.9 Å². The van der Waals surface area contributed by atoms with Crippen molar-refractivity contribution in [3.63, 3.8) is 0 Å². The molecule has 142 valence electrons. The van der Waals surface area contributed by atoms with Gasteiger partial charge in [-0.1, -0.05) is 12.1 Å². The Labute approximate surface area is 163 Å². The number of hydrogen-bond donors (Lipinski definition) is 0. The van der Waals surface area contributed by atoms with E-state index in [1.165, 1.54) is 26.6 Å². The van der Waals surface area contributed by atoms with Gasteiger partial charge in [-0.25, -0.2) is 14.3 Å². The number of hydrogen-bond acceptors (Lipinski definition) is 6. The molecule has 0 aliphatic heterocycles. The molecular formula is C20H14N6O3. The molecule has 5 aromatic rings. The second-order valence-electron chi connectivity index (χ2n) is 6.32. The fraction of sp³-hybridized carbons (Fsp3) is 0.0500. The lowest BCUT2D eigenvalue weighted by Gasteiger charge is -2.12. The molecule has 0 fully saturated rings. The van der Waals surface area contributed by atoms with E-state index >= 15 is 0 Å². The van der Waals surface area contributed by atoms with Crippen molar-refractivity contribution in [3.8, 4) is 11.4 Å². The van der Waals surface area contributed by atoms with Gasteiger partial charge in [-0.05, 0) is 30.3 Å². The number of fused-ring (bicyclic) bond motifs is 2. The molecule has 29 heavy (non-hydrogen) atoms. The maximum atomic E-state index is 13.2. The Morgan fingerprint density at radius 1 is 0.862 bits per heavy atom. The van der Waals surface area contributed by atoms with Crippen molar-refractivity contribution in [2.75, 3.05) is 7.11 Å². The highest BCUT2D eigenvalue weighted by molar-refractivity contribution is 5.91. The average molecular weight is 386 g/mol. The number of methoxy groups -OCH3 is 1. The summed E-state index contributed by atoms with van der Waals surface area (Å²) in [5.41, 5.74) is 0.998. The Kier molecular flexibility index (Phi) is 3.73. The van der Waals surface area contributed by atoms with Crippen LogP contribution in [0.1, 0.15) is 0 Å². The Bertz CT molecular complexity index is 1480. The summed E-state index contributed by atoms with van der Waals surface area (Å²) in [6.45, 7) is 0. The quantitative estimate of drug-likeness (QED) is 0.437. The summed E-state index contributed by atoms with van der Waals surface area (Å²) in [7, 11) is 1.55. The number of pyridine rings is 3. The molecule has 0 bridgehead atoms. The van der Waals surface area contributed by atoms with Gasteiger partial charge >= 0.3 is 0 Å². The lowest BCUT2D eigenvalue weighted by Crippen LogP contribution is -2.25. The Morgan fingerprint density at radius 2 is 1.55 bits per heavy atom. The van der Waals surface area contributed by atoms with Crippen molar-refractivity contribution in [3.05, 3.63) is 88.2 Å². The number of nitrogens with zero attached hydrogens (tertiary/aromatic N) is 6. The molecule has 0 spiro atoms. The third kappa shape index (κ3) is 2.59. The van der Waals surface area contributed by atoms with E-state index in [0.29, 0.717) is 33.2 Å². The second-order valence-corrected chi connectivity index (χ2v) is 6.32. The van der Waals surface area contributed by atoms with E-state index in [1.807, 2.05) is 12.1 Å². The summed E-state index contributed by atoms with van der Waals surface area (Å²) < 4.78 is 9.65. The van der Waals surface area contributed by atoms with Gasteiger partial charge in [0.05, 0.1) is 34.6 Å². The normalized spacial score (nSPS) is 11.2. The van der Waals surface area contributed by atoms with Crippen LogP contribution in [0.2, 0.25) is 0 Å². The minimum absolute atomic E-state index is 0.291. The molecule has 9 heteroatoms. The predicted octanol–water partition coefficient (Wildman–Crippen LogP) is 1.61. The summed E-state index contributed by atoms with van der Waals surface area (Å²) in [6.07, 6.45) is 6.06. The molecule has 0 aliphatic carbocycles. The van der Waals surface area contributed by atoms with Gasteiger partial charge in [0.15, 0.2) is 0 Å². The molecule has 0 unspecified atom stereocenters.